The van der Waals surface area contributed by atoms with E-state index in [0.29, 0.717) is 0 Å². The molecule has 0 spiro atoms. The van der Waals surface area contributed by atoms with Gasteiger partial charge in [-0.3, -0.25) is 0 Å². The Bertz CT molecular complexity index is 195. The molecule has 1 atom stereocenters. The van der Waals surface area contributed by atoms with E-state index in [1.54, 1.807) is 0 Å². The number of hydrogen-bond acceptors (Lipinski definition) is 2. The Balaban J connectivity index is 1.78. The van der Waals surface area contributed by atoms with Crippen molar-refractivity contribution in [1.29, 1.82) is 0 Å². The first-order valence-corrected chi connectivity index (χ1v) is 6.59. The van der Waals surface area contributed by atoms with Crippen LogP contribution in [0.5, 0.6) is 0 Å². The van der Waals surface area contributed by atoms with Crippen molar-refractivity contribution < 1.29 is 0 Å². The van der Waals surface area contributed by atoms with Crippen molar-refractivity contribution in [3.63, 3.8) is 0 Å². The lowest BCUT2D eigenvalue weighted by Crippen LogP contribution is -2.40. The van der Waals surface area contributed by atoms with Gasteiger partial charge in [-0.1, -0.05) is 0 Å². The largest absolute Gasteiger partial charge is 0.306 e. The second-order valence-corrected chi connectivity index (χ2v) is 5.78. The van der Waals surface area contributed by atoms with Gasteiger partial charge in [0.05, 0.1) is 0 Å². The quantitative estimate of drug-likeness (QED) is 0.688. The maximum atomic E-state index is 2.63. The summed E-state index contributed by atoms with van der Waals surface area (Å²) in [6, 6.07) is 0.747. The molecule has 88 valence electrons. The van der Waals surface area contributed by atoms with Crippen LogP contribution >= 0.6 is 0 Å². The van der Waals surface area contributed by atoms with Crippen LogP contribution < -0.4 is 0 Å². The molecule has 2 rings (SSSR count). The molecule has 2 fully saturated rings. The fourth-order valence-corrected chi connectivity index (χ4v) is 3.26. The van der Waals surface area contributed by atoms with Gasteiger partial charge < -0.3 is 9.80 Å². The maximum Gasteiger partial charge on any atom is 0.00385 e. The SMILES string of the molecule is CC(C)N1CCC(C2CCN(C)C2)CC1. The van der Waals surface area contributed by atoms with Crippen LogP contribution in [-0.2, 0) is 0 Å². The van der Waals surface area contributed by atoms with E-state index in [1.165, 1.54) is 45.4 Å². The van der Waals surface area contributed by atoms with E-state index in [4.69, 9.17) is 0 Å². The van der Waals surface area contributed by atoms with E-state index in [0.717, 1.165) is 17.9 Å². The van der Waals surface area contributed by atoms with Crippen molar-refractivity contribution in [3.8, 4) is 0 Å². The van der Waals surface area contributed by atoms with Gasteiger partial charge in [-0.15, -0.1) is 0 Å². The van der Waals surface area contributed by atoms with Crippen LogP contribution in [0.15, 0.2) is 0 Å². The molecule has 2 aliphatic rings. The molecule has 0 amide bonds. The Hall–Kier alpha value is -0.0800. The van der Waals surface area contributed by atoms with Gasteiger partial charge in [0.15, 0.2) is 0 Å². The normalized spacial score (nSPS) is 31.6. The van der Waals surface area contributed by atoms with E-state index in [-0.39, 0.29) is 0 Å². The fraction of sp³-hybridized carbons (Fsp3) is 1.00. The Morgan fingerprint density at radius 2 is 1.53 bits per heavy atom. The minimum atomic E-state index is 0.747. The van der Waals surface area contributed by atoms with Crippen LogP contribution in [0.25, 0.3) is 0 Å². The third-order valence-electron chi connectivity index (χ3n) is 4.40. The standard InChI is InChI=1S/C13H26N2/c1-11(2)15-8-5-12(6-9-15)13-4-7-14(3)10-13/h11-13H,4-10H2,1-3H3. The van der Waals surface area contributed by atoms with Gasteiger partial charge in [0.1, 0.15) is 0 Å². The van der Waals surface area contributed by atoms with Gasteiger partial charge in [0, 0.05) is 12.6 Å². The number of rotatable bonds is 2. The summed E-state index contributed by atoms with van der Waals surface area (Å²) in [6.07, 6.45) is 4.33. The van der Waals surface area contributed by atoms with Crippen LogP contribution in [-0.4, -0.2) is 49.1 Å². The Kier molecular flexibility index (Phi) is 3.68. The summed E-state index contributed by atoms with van der Waals surface area (Å²) in [7, 11) is 2.27. The van der Waals surface area contributed by atoms with Gasteiger partial charge in [-0.25, -0.2) is 0 Å². The molecule has 0 saturated carbocycles. The van der Waals surface area contributed by atoms with Crippen LogP contribution in [0.3, 0.4) is 0 Å². The van der Waals surface area contributed by atoms with E-state index in [9.17, 15) is 0 Å². The Morgan fingerprint density at radius 3 is 2.00 bits per heavy atom. The van der Waals surface area contributed by atoms with Gasteiger partial charge in [0.25, 0.3) is 0 Å². The highest BCUT2D eigenvalue weighted by Crippen LogP contribution is 2.31. The summed E-state index contributed by atoms with van der Waals surface area (Å²) in [5.41, 5.74) is 0. The van der Waals surface area contributed by atoms with E-state index >= 15 is 0 Å². The molecule has 0 radical (unpaired) electrons. The average Bonchev–Trinajstić information content (AvgIpc) is 2.65. The smallest absolute Gasteiger partial charge is 0.00385 e. The lowest BCUT2D eigenvalue weighted by atomic mass is 9.83. The van der Waals surface area contributed by atoms with E-state index in [1.807, 2.05) is 0 Å². The maximum absolute atomic E-state index is 2.63. The molecule has 15 heavy (non-hydrogen) atoms. The van der Waals surface area contributed by atoms with Gasteiger partial charge >= 0.3 is 0 Å². The first-order chi connectivity index (χ1) is 7.16. The molecule has 0 aromatic heterocycles. The monoisotopic (exact) mass is 210 g/mol. The minimum Gasteiger partial charge on any atom is -0.306 e. The minimum absolute atomic E-state index is 0.747. The third-order valence-corrected chi connectivity index (χ3v) is 4.40. The summed E-state index contributed by atoms with van der Waals surface area (Å²) in [6.45, 7) is 10.00. The molecule has 0 aromatic carbocycles. The van der Waals surface area contributed by atoms with Gasteiger partial charge in [-0.2, -0.15) is 0 Å². The highest BCUT2D eigenvalue weighted by Gasteiger charge is 2.30. The van der Waals surface area contributed by atoms with Crippen LogP contribution in [0, 0.1) is 11.8 Å². The topological polar surface area (TPSA) is 6.48 Å². The lowest BCUT2D eigenvalue weighted by Gasteiger charge is -2.36. The van der Waals surface area contributed by atoms with Gasteiger partial charge in [0.2, 0.25) is 0 Å². The lowest BCUT2D eigenvalue weighted by molar-refractivity contribution is 0.122. The molecule has 2 nitrogen and oxygen atoms in total. The molecule has 0 N–H and O–H groups in total. The molecule has 2 aliphatic heterocycles. The second kappa shape index (κ2) is 4.84. The number of likely N-dealkylation sites (tertiary alicyclic amines) is 2. The summed E-state index contributed by atoms with van der Waals surface area (Å²) >= 11 is 0. The van der Waals surface area contributed by atoms with Crippen molar-refractivity contribution in [3.05, 3.63) is 0 Å². The summed E-state index contributed by atoms with van der Waals surface area (Å²) < 4.78 is 0. The summed E-state index contributed by atoms with van der Waals surface area (Å²) in [5, 5.41) is 0. The zero-order valence-electron chi connectivity index (χ0n) is 10.6. The van der Waals surface area contributed by atoms with Crippen LogP contribution in [0.1, 0.15) is 33.1 Å². The number of hydrogen-bond donors (Lipinski definition) is 0. The first-order valence-electron chi connectivity index (χ1n) is 6.59. The van der Waals surface area contributed by atoms with E-state index < -0.39 is 0 Å². The highest BCUT2D eigenvalue weighted by molar-refractivity contribution is 4.84. The van der Waals surface area contributed by atoms with Crippen molar-refractivity contribution >= 4 is 0 Å². The molecule has 2 saturated heterocycles. The van der Waals surface area contributed by atoms with E-state index in [2.05, 4.69) is 30.7 Å². The predicted octanol–water partition coefficient (Wildman–Crippen LogP) is 2.06. The fourth-order valence-electron chi connectivity index (χ4n) is 3.26. The molecule has 2 heterocycles. The highest BCUT2D eigenvalue weighted by atomic mass is 15.2. The van der Waals surface area contributed by atoms with Crippen molar-refractivity contribution in [2.75, 3.05) is 33.2 Å². The molecule has 2 heteroatoms. The van der Waals surface area contributed by atoms with Crippen molar-refractivity contribution in [2.24, 2.45) is 11.8 Å². The molecule has 0 bridgehead atoms. The van der Waals surface area contributed by atoms with Crippen molar-refractivity contribution in [1.82, 2.24) is 9.80 Å². The van der Waals surface area contributed by atoms with Crippen LogP contribution in [0.4, 0.5) is 0 Å². The zero-order chi connectivity index (χ0) is 10.8. The van der Waals surface area contributed by atoms with Gasteiger partial charge in [-0.05, 0) is 71.6 Å². The summed E-state index contributed by atoms with van der Waals surface area (Å²) in [4.78, 5) is 5.13. The molecule has 0 aliphatic carbocycles. The molecular formula is C13H26N2. The number of nitrogens with zero attached hydrogens (tertiary/aromatic N) is 2. The van der Waals surface area contributed by atoms with Crippen molar-refractivity contribution in [2.45, 2.75) is 39.2 Å². The first kappa shape index (κ1) is 11.4. The Labute approximate surface area is 94.6 Å². The second-order valence-electron chi connectivity index (χ2n) is 5.78. The molecule has 1 unspecified atom stereocenters. The Morgan fingerprint density at radius 1 is 0.933 bits per heavy atom. The van der Waals surface area contributed by atoms with Crippen LogP contribution in [0.2, 0.25) is 0 Å². The summed E-state index contributed by atoms with van der Waals surface area (Å²) in [5.74, 6) is 2.02. The number of piperidine rings is 1. The molecular weight excluding hydrogens is 184 g/mol. The average molecular weight is 210 g/mol. The predicted molar refractivity (Wildman–Crippen MR) is 65.0 cm³/mol. The third kappa shape index (κ3) is 2.73. The molecule has 0 aromatic rings. The zero-order valence-corrected chi connectivity index (χ0v) is 10.6.